The molecule has 0 spiro atoms. The van der Waals surface area contributed by atoms with Crippen molar-refractivity contribution in [2.45, 2.75) is 26.2 Å². The number of unbranched alkanes of at least 4 members (excludes halogenated alkanes) is 2. The van der Waals surface area contributed by atoms with Crippen molar-refractivity contribution in [1.82, 2.24) is 15.0 Å². The molecule has 0 aliphatic carbocycles. The largest absolute Gasteiger partial charge is 0.494 e. The van der Waals surface area contributed by atoms with Crippen LogP contribution in [0.4, 0.5) is 0 Å². The summed E-state index contributed by atoms with van der Waals surface area (Å²) in [6.45, 7) is 2.93. The Balaban J connectivity index is 1.39. The van der Waals surface area contributed by atoms with Crippen LogP contribution in [0, 0.1) is 0 Å². The third kappa shape index (κ3) is 6.82. The normalized spacial score (nSPS) is 10.6. The molecular formula is C29H29N3O5. The third-order valence-corrected chi connectivity index (χ3v) is 5.67. The Morgan fingerprint density at radius 1 is 0.649 bits per heavy atom. The summed E-state index contributed by atoms with van der Waals surface area (Å²) in [7, 11) is 2.79. The van der Waals surface area contributed by atoms with Crippen LogP contribution in [0.2, 0.25) is 0 Å². The van der Waals surface area contributed by atoms with Gasteiger partial charge in [-0.1, -0.05) is 68.3 Å². The van der Waals surface area contributed by atoms with Crippen molar-refractivity contribution in [2.75, 3.05) is 20.8 Å². The van der Waals surface area contributed by atoms with Gasteiger partial charge < -0.3 is 18.9 Å². The Hall–Kier alpha value is -4.46. The topological polar surface area (TPSA) is 92.7 Å². The predicted molar refractivity (Wildman–Crippen MR) is 140 cm³/mol. The highest BCUT2D eigenvalue weighted by atomic mass is 16.6. The Labute approximate surface area is 216 Å². The summed E-state index contributed by atoms with van der Waals surface area (Å²) in [6, 6.07) is 23.3. The Morgan fingerprint density at radius 2 is 1.11 bits per heavy atom. The third-order valence-electron chi connectivity index (χ3n) is 5.67. The minimum absolute atomic E-state index is 0.0138. The summed E-state index contributed by atoms with van der Waals surface area (Å²) >= 11 is 0. The summed E-state index contributed by atoms with van der Waals surface area (Å²) in [5.74, 6) is 0.291. The number of carbonyl (C=O) groups is 1. The van der Waals surface area contributed by atoms with Crippen molar-refractivity contribution in [3.8, 4) is 46.0 Å². The number of esters is 1. The molecule has 0 saturated carbocycles. The van der Waals surface area contributed by atoms with Gasteiger partial charge in [-0.15, -0.1) is 15.0 Å². The van der Waals surface area contributed by atoms with E-state index in [0.717, 1.165) is 41.0 Å². The first-order valence-electron chi connectivity index (χ1n) is 12.1. The lowest BCUT2D eigenvalue weighted by atomic mass is 9.99. The summed E-state index contributed by atoms with van der Waals surface area (Å²) in [6.07, 6.45) is 3.44. The lowest BCUT2D eigenvalue weighted by Gasteiger charge is -2.09. The minimum atomic E-state index is -0.602. The van der Waals surface area contributed by atoms with E-state index in [1.165, 1.54) is 27.1 Å². The first kappa shape index (κ1) is 25.6. The lowest BCUT2D eigenvalue weighted by Crippen LogP contribution is -2.12. The number of methoxy groups -OCH3 is 2. The molecule has 0 saturated heterocycles. The monoisotopic (exact) mass is 499 g/mol. The van der Waals surface area contributed by atoms with Crippen LogP contribution in [0.25, 0.3) is 22.3 Å². The van der Waals surface area contributed by atoms with E-state index in [9.17, 15) is 4.79 Å². The number of benzene rings is 3. The maximum Gasteiger partial charge on any atom is 0.345 e. The highest BCUT2D eigenvalue weighted by molar-refractivity contribution is 5.91. The van der Waals surface area contributed by atoms with E-state index in [1.807, 2.05) is 24.3 Å². The summed E-state index contributed by atoms with van der Waals surface area (Å²) in [4.78, 5) is 24.3. The molecule has 0 amide bonds. The molecule has 1 aromatic heterocycles. The maximum absolute atomic E-state index is 12.6. The smallest absolute Gasteiger partial charge is 0.345 e. The van der Waals surface area contributed by atoms with Crippen LogP contribution in [-0.4, -0.2) is 41.7 Å². The second kappa shape index (κ2) is 12.5. The van der Waals surface area contributed by atoms with E-state index < -0.39 is 5.97 Å². The fourth-order valence-corrected chi connectivity index (χ4v) is 3.63. The number of hydrogen-bond donors (Lipinski definition) is 0. The van der Waals surface area contributed by atoms with Gasteiger partial charge in [0.15, 0.2) is 0 Å². The van der Waals surface area contributed by atoms with Crippen LogP contribution in [0.3, 0.4) is 0 Å². The fraction of sp³-hybridized carbons (Fsp3) is 0.241. The zero-order chi connectivity index (χ0) is 26.0. The second-order valence-corrected chi connectivity index (χ2v) is 8.22. The average molecular weight is 500 g/mol. The van der Waals surface area contributed by atoms with Gasteiger partial charge in [-0.2, -0.15) is 0 Å². The number of carbonyl (C=O) groups excluding carboxylic acids is 1. The van der Waals surface area contributed by atoms with Gasteiger partial charge in [0, 0.05) is 0 Å². The molecule has 0 unspecified atom stereocenters. The minimum Gasteiger partial charge on any atom is -0.494 e. The Kier molecular flexibility index (Phi) is 8.65. The lowest BCUT2D eigenvalue weighted by molar-refractivity contribution is 0.0716. The standard InChI is InChI=1S/C29H29N3O5/c1-4-5-6-19-36-25-17-15-23(16-18-25)21-9-7-20(8-10-21)22-11-13-24(14-12-22)26(33)37-29-31-27(34-2)30-28(32-29)35-3/h7-18H,4-6,19H2,1-3H3. The van der Waals surface area contributed by atoms with E-state index in [2.05, 4.69) is 58.3 Å². The first-order valence-corrected chi connectivity index (χ1v) is 12.1. The molecule has 0 fully saturated rings. The zero-order valence-electron chi connectivity index (χ0n) is 21.1. The highest BCUT2D eigenvalue weighted by Gasteiger charge is 2.14. The van der Waals surface area contributed by atoms with Crippen molar-refractivity contribution in [3.05, 3.63) is 78.4 Å². The van der Waals surface area contributed by atoms with Gasteiger partial charge in [0.05, 0.1) is 26.4 Å². The van der Waals surface area contributed by atoms with E-state index in [4.69, 9.17) is 18.9 Å². The summed E-state index contributed by atoms with van der Waals surface area (Å²) in [5.41, 5.74) is 4.60. The molecule has 37 heavy (non-hydrogen) atoms. The Bertz CT molecular complexity index is 1280. The molecule has 4 aromatic rings. The van der Waals surface area contributed by atoms with Gasteiger partial charge in [0.1, 0.15) is 5.75 Å². The highest BCUT2D eigenvalue weighted by Crippen LogP contribution is 2.27. The van der Waals surface area contributed by atoms with Crippen LogP contribution in [-0.2, 0) is 0 Å². The van der Waals surface area contributed by atoms with Gasteiger partial charge >= 0.3 is 24.0 Å². The quantitative estimate of drug-likeness (QED) is 0.183. The molecule has 8 heteroatoms. The molecular weight excluding hydrogens is 470 g/mol. The molecule has 0 aliphatic heterocycles. The number of rotatable bonds is 11. The van der Waals surface area contributed by atoms with Gasteiger partial charge in [-0.05, 0) is 52.9 Å². The molecule has 0 N–H and O–H groups in total. The number of ether oxygens (including phenoxy) is 4. The van der Waals surface area contributed by atoms with Gasteiger partial charge in [0.2, 0.25) is 0 Å². The van der Waals surface area contributed by atoms with E-state index in [0.29, 0.717) is 5.56 Å². The first-order chi connectivity index (χ1) is 18.1. The second-order valence-electron chi connectivity index (χ2n) is 8.22. The van der Waals surface area contributed by atoms with Crippen molar-refractivity contribution < 1.29 is 23.7 Å². The molecule has 1 heterocycles. The van der Waals surface area contributed by atoms with Gasteiger partial charge in [0.25, 0.3) is 0 Å². The SMILES string of the molecule is CCCCCOc1ccc(-c2ccc(-c3ccc(C(=O)Oc4nc(OC)nc(OC)n4)cc3)cc2)cc1. The number of aromatic nitrogens is 3. The van der Waals surface area contributed by atoms with Crippen LogP contribution < -0.4 is 18.9 Å². The number of nitrogens with zero attached hydrogens (tertiary/aromatic N) is 3. The fourth-order valence-electron chi connectivity index (χ4n) is 3.63. The van der Waals surface area contributed by atoms with Gasteiger partial charge in [-0.3, -0.25) is 0 Å². The zero-order valence-corrected chi connectivity index (χ0v) is 21.1. The Morgan fingerprint density at radius 3 is 1.59 bits per heavy atom. The summed E-state index contributed by atoms with van der Waals surface area (Å²) in [5, 5.41) is 0. The van der Waals surface area contributed by atoms with Crippen LogP contribution >= 0.6 is 0 Å². The van der Waals surface area contributed by atoms with E-state index >= 15 is 0 Å². The maximum atomic E-state index is 12.6. The molecule has 0 aliphatic rings. The number of hydrogen-bond acceptors (Lipinski definition) is 8. The van der Waals surface area contributed by atoms with Crippen molar-refractivity contribution >= 4 is 5.97 Å². The van der Waals surface area contributed by atoms with Crippen molar-refractivity contribution in [3.63, 3.8) is 0 Å². The summed E-state index contributed by atoms with van der Waals surface area (Å²) < 4.78 is 21.0. The molecule has 0 bridgehead atoms. The van der Waals surface area contributed by atoms with Crippen LogP contribution in [0.1, 0.15) is 36.5 Å². The van der Waals surface area contributed by atoms with Crippen LogP contribution in [0.15, 0.2) is 72.8 Å². The van der Waals surface area contributed by atoms with E-state index in [1.54, 1.807) is 12.1 Å². The van der Waals surface area contributed by atoms with Gasteiger partial charge in [-0.25, -0.2) is 4.79 Å². The molecule has 3 aromatic carbocycles. The molecule has 4 rings (SSSR count). The molecule has 0 atom stereocenters. The average Bonchev–Trinajstić information content (AvgIpc) is 2.95. The molecule has 0 radical (unpaired) electrons. The molecule has 190 valence electrons. The van der Waals surface area contributed by atoms with Crippen molar-refractivity contribution in [1.29, 1.82) is 0 Å². The van der Waals surface area contributed by atoms with Crippen molar-refractivity contribution in [2.24, 2.45) is 0 Å². The van der Waals surface area contributed by atoms with E-state index in [-0.39, 0.29) is 18.0 Å². The predicted octanol–water partition coefficient (Wildman–Crippen LogP) is 6.01. The molecule has 8 nitrogen and oxygen atoms in total. The van der Waals surface area contributed by atoms with Crippen LogP contribution in [0.5, 0.6) is 23.8 Å².